The zero-order valence-corrected chi connectivity index (χ0v) is 17.0. The van der Waals surface area contributed by atoms with Gasteiger partial charge in [-0.15, -0.1) is 0 Å². The number of nitrogens with zero attached hydrogens (tertiary/aromatic N) is 2. The topological polar surface area (TPSA) is 50.3 Å². The zero-order chi connectivity index (χ0) is 19.7. The Morgan fingerprint density at radius 3 is 2.50 bits per heavy atom. The lowest BCUT2D eigenvalue weighted by molar-refractivity contribution is 0.00254. The molecule has 1 saturated carbocycles. The number of likely N-dealkylation sites (tertiary alicyclic amines) is 1. The van der Waals surface area contributed by atoms with E-state index in [1.807, 2.05) is 13.0 Å². The number of aromatic nitrogens is 2. The van der Waals surface area contributed by atoms with Gasteiger partial charge in [0.15, 0.2) is 0 Å². The van der Waals surface area contributed by atoms with E-state index in [9.17, 15) is 9.18 Å². The highest BCUT2D eigenvalue weighted by atomic mass is 19.1. The molecule has 4 rings (SSSR count). The lowest BCUT2D eigenvalue weighted by Gasteiger charge is -2.41. The molecular weight excluding hydrogens is 357 g/mol. The van der Waals surface area contributed by atoms with E-state index >= 15 is 0 Å². The Kier molecular flexibility index (Phi) is 5.88. The molecule has 154 valence electrons. The Hall–Kier alpha value is -1.66. The minimum absolute atomic E-state index is 0.142. The van der Waals surface area contributed by atoms with E-state index in [1.165, 1.54) is 18.9 Å². The fourth-order valence-corrected chi connectivity index (χ4v) is 5.05. The molecule has 1 aliphatic heterocycles. The molecule has 0 unspecified atom stereocenters. The van der Waals surface area contributed by atoms with Crippen molar-refractivity contribution >= 4 is 11.0 Å². The maximum absolute atomic E-state index is 14.2. The van der Waals surface area contributed by atoms with Gasteiger partial charge >= 0.3 is 5.69 Å². The van der Waals surface area contributed by atoms with Crippen LogP contribution in [0.5, 0.6) is 0 Å². The second kappa shape index (κ2) is 8.37. The van der Waals surface area contributed by atoms with Crippen molar-refractivity contribution in [3.63, 3.8) is 0 Å². The summed E-state index contributed by atoms with van der Waals surface area (Å²) < 4.78 is 21.9. The Balaban J connectivity index is 1.40. The fourth-order valence-electron chi connectivity index (χ4n) is 5.05. The molecule has 2 heterocycles. The number of aryl methyl sites for hydroxylation is 1. The number of imidazole rings is 1. The van der Waals surface area contributed by atoms with Crippen molar-refractivity contribution in [1.29, 1.82) is 0 Å². The number of fused-ring (bicyclic) bond motifs is 1. The number of halogens is 1. The fraction of sp³-hybridized carbons (Fsp3) is 0.682. The van der Waals surface area contributed by atoms with Crippen LogP contribution in [0, 0.1) is 12.7 Å². The molecule has 1 saturated heterocycles. The minimum Gasteiger partial charge on any atom is -0.378 e. The van der Waals surface area contributed by atoms with Crippen LogP contribution in [0.15, 0.2) is 16.9 Å². The summed E-state index contributed by atoms with van der Waals surface area (Å²) in [5.41, 5.74) is 1.70. The lowest BCUT2D eigenvalue weighted by Crippen LogP contribution is -2.45. The SMILES string of the molecule is CCCO[C@H]1CC[C@H](N2CCC(n3c(=O)[nH]c4c(F)cc(C)cc43)CC2)CC1. The molecule has 2 fully saturated rings. The third kappa shape index (κ3) is 3.90. The minimum atomic E-state index is -0.342. The van der Waals surface area contributed by atoms with Crippen molar-refractivity contribution in [1.82, 2.24) is 14.5 Å². The molecule has 28 heavy (non-hydrogen) atoms. The predicted octanol–water partition coefficient (Wildman–Crippen LogP) is 4.15. The predicted molar refractivity (Wildman–Crippen MR) is 109 cm³/mol. The van der Waals surface area contributed by atoms with E-state index in [1.54, 1.807) is 4.57 Å². The van der Waals surface area contributed by atoms with E-state index in [4.69, 9.17) is 4.74 Å². The highest BCUT2D eigenvalue weighted by molar-refractivity contribution is 5.77. The first-order chi connectivity index (χ1) is 13.6. The number of ether oxygens (including phenoxy) is 1. The molecular formula is C22H32FN3O2. The third-order valence-electron chi connectivity index (χ3n) is 6.51. The van der Waals surface area contributed by atoms with Gasteiger partial charge in [0, 0.05) is 31.8 Å². The Labute approximate surface area is 165 Å². The summed E-state index contributed by atoms with van der Waals surface area (Å²) in [4.78, 5) is 17.8. The van der Waals surface area contributed by atoms with Gasteiger partial charge in [0.25, 0.3) is 0 Å². The van der Waals surface area contributed by atoms with Crippen LogP contribution in [-0.4, -0.2) is 46.3 Å². The number of benzene rings is 1. The van der Waals surface area contributed by atoms with Gasteiger partial charge in [-0.05, 0) is 69.6 Å². The Morgan fingerprint density at radius 2 is 1.82 bits per heavy atom. The second-order valence-corrected chi connectivity index (χ2v) is 8.51. The number of piperidine rings is 1. The van der Waals surface area contributed by atoms with E-state index in [2.05, 4.69) is 16.8 Å². The second-order valence-electron chi connectivity index (χ2n) is 8.51. The molecule has 1 aromatic carbocycles. The standard InChI is InChI=1S/C22H32FN3O2/c1-3-12-28-18-6-4-16(5-7-18)25-10-8-17(9-11-25)26-20-14-15(2)13-19(23)21(20)24-22(26)27/h13-14,16-18H,3-12H2,1-2H3,(H,24,27)/t16-,18-. The maximum Gasteiger partial charge on any atom is 0.326 e. The maximum atomic E-state index is 14.2. The van der Waals surface area contributed by atoms with E-state index in [-0.39, 0.29) is 17.5 Å². The Bertz CT molecular complexity index is 859. The van der Waals surface area contributed by atoms with Gasteiger partial charge < -0.3 is 14.6 Å². The third-order valence-corrected chi connectivity index (χ3v) is 6.51. The van der Waals surface area contributed by atoms with E-state index in [0.717, 1.165) is 57.4 Å². The van der Waals surface area contributed by atoms with Crippen molar-refractivity contribution in [2.45, 2.75) is 77.0 Å². The van der Waals surface area contributed by atoms with E-state index < -0.39 is 0 Å². The molecule has 6 heteroatoms. The zero-order valence-electron chi connectivity index (χ0n) is 17.0. The van der Waals surface area contributed by atoms with Crippen molar-refractivity contribution in [2.24, 2.45) is 0 Å². The van der Waals surface area contributed by atoms with Gasteiger partial charge in [-0.3, -0.25) is 4.57 Å². The first-order valence-corrected chi connectivity index (χ1v) is 10.8. The van der Waals surface area contributed by atoms with E-state index in [0.29, 0.717) is 23.2 Å². The Morgan fingerprint density at radius 1 is 1.11 bits per heavy atom. The van der Waals surface area contributed by atoms with Crippen molar-refractivity contribution in [2.75, 3.05) is 19.7 Å². The van der Waals surface area contributed by atoms with Gasteiger partial charge in [0.2, 0.25) is 0 Å². The average molecular weight is 390 g/mol. The highest BCUT2D eigenvalue weighted by Crippen LogP contribution is 2.31. The molecule has 0 atom stereocenters. The summed E-state index contributed by atoms with van der Waals surface area (Å²) in [6.07, 6.45) is 8.13. The number of aromatic amines is 1. The normalized spacial score (nSPS) is 24.8. The molecule has 0 amide bonds. The van der Waals surface area contributed by atoms with Crippen LogP contribution in [0.4, 0.5) is 4.39 Å². The van der Waals surface area contributed by atoms with Crippen molar-refractivity contribution in [3.8, 4) is 0 Å². The summed E-state index contributed by atoms with van der Waals surface area (Å²) >= 11 is 0. The van der Waals surface area contributed by atoms with Gasteiger partial charge in [-0.1, -0.05) is 6.92 Å². The van der Waals surface area contributed by atoms with Crippen LogP contribution >= 0.6 is 0 Å². The van der Waals surface area contributed by atoms with Gasteiger partial charge in [-0.25, -0.2) is 9.18 Å². The summed E-state index contributed by atoms with van der Waals surface area (Å²) in [6, 6.07) is 4.18. The largest absolute Gasteiger partial charge is 0.378 e. The molecule has 0 radical (unpaired) electrons. The number of rotatable bonds is 5. The average Bonchev–Trinajstić information content (AvgIpc) is 3.03. The number of hydrogen-bond donors (Lipinski definition) is 1. The summed E-state index contributed by atoms with van der Waals surface area (Å²) in [5, 5.41) is 0. The van der Waals surface area contributed by atoms with Crippen LogP contribution in [0.3, 0.4) is 0 Å². The van der Waals surface area contributed by atoms with Crippen LogP contribution in [-0.2, 0) is 4.74 Å². The van der Waals surface area contributed by atoms with Crippen LogP contribution in [0.25, 0.3) is 11.0 Å². The first-order valence-electron chi connectivity index (χ1n) is 10.8. The molecule has 5 nitrogen and oxygen atoms in total. The molecule has 0 bridgehead atoms. The first kappa shape index (κ1) is 19.6. The molecule has 0 spiro atoms. The van der Waals surface area contributed by atoms with Gasteiger partial charge in [0.05, 0.1) is 11.6 Å². The lowest BCUT2D eigenvalue weighted by atomic mass is 9.90. The number of H-pyrrole nitrogens is 1. The molecule has 1 aliphatic carbocycles. The summed E-state index contributed by atoms with van der Waals surface area (Å²) in [5.74, 6) is -0.342. The molecule has 2 aliphatic rings. The smallest absolute Gasteiger partial charge is 0.326 e. The molecule has 1 N–H and O–H groups in total. The number of nitrogens with one attached hydrogen (secondary N) is 1. The summed E-state index contributed by atoms with van der Waals surface area (Å²) in [6.45, 7) is 6.91. The van der Waals surface area contributed by atoms with Crippen LogP contribution in [0.1, 0.15) is 63.5 Å². The quantitative estimate of drug-likeness (QED) is 0.836. The van der Waals surface area contributed by atoms with Crippen molar-refractivity contribution < 1.29 is 9.13 Å². The highest BCUT2D eigenvalue weighted by Gasteiger charge is 2.30. The van der Waals surface area contributed by atoms with Gasteiger partial charge in [0.1, 0.15) is 11.3 Å². The number of hydrogen-bond acceptors (Lipinski definition) is 3. The molecule has 2 aromatic rings. The van der Waals surface area contributed by atoms with Crippen LogP contribution in [0.2, 0.25) is 0 Å². The van der Waals surface area contributed by atoms with Crippen LogP contribution < -0.4 is 5.69 Å². The van der Waals surface area contributed by atoms with Gasteiger partial charge in [-0.2, -0.15) is 0 Å². The molecule has 1 aromatic heterocycles. The van der Waals surface area contributed by atoms with Crippen molar-refractivity contribution in [3.05, 3.63) is 34.0 Å². The monoisotopic (exact) mass is 389 g/mol. The summed E-state index contributed by atoms with van der Waals surface area (Å²) in [7, 11) is 0.